The van der Waals surface area contributed by atoms with Crippen molar-refractivity contribution in [2.24, 2.45) is 0 Å². The fourth-order valence-corrected chi connectivity index (χ4v) is 4.99. The van der Waals surface area contributed by atoms with Gasteiger partial charge in [-0.2, -0.15) is 4.31 Å². The molecule has 2 amide bonds. The number of amides is 2. The first-order valence-corrected chi connectivity index (χ1v) is 11.6. The van der Waals surface area contributed by atoms with Crippen LogP contribution in [0.4, 0.5) is 4.39 Å². The summed E-state index contributed by atoms with van der Waals surface area (Å²) in [5, 5.41) is 4.98. The number of ether oxygens (including phenoxy) is 1. The average Bonchev–Trinajstić information content (AvgIpc) is 2.78. The summed E-state index contributed by atoms with van der Waals surface area (Å²) in [6.45, 7) is 3.88. The minimum Gasteiger partial charge on any atom is -0.360 e. The number of carbonyl (C=O) groups is 2. The number of nitrogens with one attached hydrogen (secondary N) is 2. The van der Waals surface area contributed by atoms with Crippen LogP contribution in [-0.2, 0) is 30.9 Å². The fraction of sp³-hybridized carbons (Fsp3) is 0.364. The summed E-state index contributed by atoms with van der Waals surface area (Å²) in [6, 6.07) is 11.0. The molecule has 2 N–H and O–H groups in total. The van der Waals surface area contributed by atoms with E-state index in [1.165, 1.54) is 19.1 Å². The molecule has 32 heavy (non-hydrogen) atoms. The molecule has 3 rings (SSSR count). The number of halogens is 1. The highest BCUT2D eigenvalue weighted by Gasteiger charge is 2.35. The van der Waals surface area contributed by atoms with Crippen LogP contribution in [0.2, 0.25) is 0 Å². The molecule has 2 aromatic carbocycles. The van der Waals surface area contributed by atoms with Crippen LogP contribution >= 0.6 is 0 Å². The zero-order valence-electron chi connectivity index (χ0n) is 17.9. The zero-order chi connectivity index (χ0) is 23.3. The number of aryl methyl sites for hydroxylation is 2. The Balaban J connectivity index is 1.62. The lowest BCUT2D eigenvalue weighted by Crippen LogP contribution is -2.53. The van der Waals surface area contributed by atoms with Gasteiger partial charge in [-0.25, -0.2) is 12.8 Å². The Morgan fingerprint density at radius 1 is 1.09 bits per heavy atom. The largest absolute Gasteiger partial charge is 0.360 e. The molecule has 2 aromatic rings. The van der Waals surface area contributed by atoms with Crippen molar-refractivity contribution in [3.63, 3.8) is 0 Å². The molecule has 0 spiro atoms. The first-order valence-electron chi connectivity index (χ1n) is 10.2. The highest BCUT2D eigenvalue weighted by molar-refractivity contribution is 7.89. The standard InChI is InChI=1S/C22H26FN3O5S/c1-15-6-3-4-7-17(15)13-24-21(27)22(28)25-14-20-26(10-5-11-31-20)32(29,30)18-8-9-19(23)16(2)12-18/h3-4,6-9,12,20H,5,10-11,13-14H2,1-2H3,(H,24,27)(H,25,28)/t20-/m0/s1. The lowest BCUT2D eigenvalue weighted by Gasteiger charge is -2.34. The van der Waals surface area contributed by atoms with Gasteiger partial charge in [0.2, 0.25) is 10.0 Å². The number of benzene rings is 2. The van der Waals surface area contributed by atoms with Crippen molar-refractivity contribution >= 4 is 21.8 Å². The normalized spacial score (nSPS) is 17.0. The summed E-state index contributed by atoms with van der Waals surface area (Å²) in [5.41, 5.74) is 2.08. The molecule has 0 aromatic heterocycles. The van der Waals surface area contributed by atoms with Gasteiger partial charge in [-0.05, 0) is 55.2 Å². The lowest BCUT2D eigenvalue weighted by atomic mass is 10.1. The van der Waals surface area contributed by atoms with Gasteiger partial charge in [0.25, 0.3) is 0 Å². The third-order valence-electron chi connectivity index (χ3n) is 5.23. The molecule has 1 atom stereocenters. The van der Waals surface area contributed by atoms with E-state index < -0.39 is 33.9 Å². The van der Waals surface area contributed by atoms with Gasteiger partial charge in [-0.3, -0.25) is 9.59 Å². The van der Waals surface area contributed by atoms with Crippen LogP contribution in [0.15, 0.2) is 47.4 Å². The molecule has 0 unspecified atom stereocenters. The third-order valence-corrected chi connectivity index (χ3v) is 7.12. The zero-order valence-corrected chi connectivity index (χ0v) is 18.7. The average molecular weight is 464 g/mol. The number of sulfonamides is 1. The number of carbonyl (C=O) groups excluding carboxylic acids is 2. The van der Waals surface area contributed by atoms with Crippen molar-refractivity contribution in [3.8, 4) is 0 Å². The van der Waals surface area contributed by atoms with Gasteiger partial charge in [0, 0.05) is 13.1 Å². The van der Waals surface area contributed by atoms with Gasteiger partial charge in [0.15, 0.2) is 0 Å². The molecule has 0 bridgehead atoms. The maximum atomic E-state index is 13.6. The number of hydrogen-bond donors (Lipinski definition) is 2. The lowest BCUT2D eigenvalue weighted by molar-refractivity contribution is -0.140. The van der Waals surface area contributed by atoms with Gasteiger partial charge in [0.1, 0.15) is 12.0 Å². The van der Waals surface area contributed by atoms with Gasteiger partial charge in [0.05, 0.1) is 18.0 Å². The van der Waals surface area contributed by atoms with Gasteiger partial charge >= 0.3 is 11.8 Å². The number of nitrogens with zero attached hydrogens (tertiary/aromatic N) is 1. The topological polar surface area (TPSA) is 105 Å². The fourth-order valence-electron chi connectivity index (χ4n) is 3.34. The molecule has 1 fully saturated rings. The molecule has 0 aliphatic carbocycles. The molecular formula is C22H26FN3O5S. The Labute approximate surface area is 186 Å². The van der Waals surface area contributed by atoms with E-state index in [0.717, 1.165) is 21.5 Å². The van der Waals surface area contributed by atoms with Crippen LogP contribution in [0.25, 0.3) is 0 Å². The molecule has 1 aliphatic rings. The second-order valence-corrected chi connectivity index (χ2v) is 9.42. The summed E-state index contributed by atoms with van der Waals surface area (Å²) in [6.07, 6.45) is -0.506. The van der Waals surface area contributed by atoms with Crippen LogP contribution in [0.3, 0.4) is 0 Å². The van der Waals surface area contributed by atoms with E-state index in [1.54, 1.807) is 0 Å². The molecule has 10 heteroatoms. The second kappa shape index (κ2) is 10.2. The van der Waals surface area contributed by atoms with Gasteiger partial charge in [-0.15, -0.1) is 0 Å². The highest BCUT2D eigenvalue weighted by atomic mass is 32.2. The maximum Gasteiger partial charge on any atom is 0.309 e. The monoisotopic (exact) mass is 463 g/mol. The summed E-state index contributed by atoms with van der Waals surface area (Å²) in [4.78, 5) is 24.3. The molecule has 0 saturated carbocycles. The minimum atomic E-state index is -3.98. The van der Waals surface area contributed by atoms with E-state index in [9.17, 15) is 22.4 Å². The molecule has 172 valence electrons. The van der Waals surface area contributed by atoms with Gasteiger partial charge < -0.3 is 15.4 Å². The Morgan fingerprint density at radius 2 is 1.81 bits per heavy atom. The van der Waals surface area contributed by atoms with Crippen molar-refractivity contribution in [1.29, 1.82) is 0 Å². The van der Waals surface area contributed by atoms with Crippen LogP contribution in [0.1, 0.15) is 23.1 Å². The molecule has 0 radical (unpaired) electrons. The molecule has 1 heterocycles. The van der Waals surface area contributed by atoms with Crippen LogP contribution in [-0.4, -0.2) is 50.5 Å². The summed E-state index contributed by atoms with van der Waals surface area (Å²) in [5.74, 6) is -2.21. The first kappa shape index (κ1) is 23.8. The molecule has 8 nitrogen and oxygen atoms in total. The van der Waals surface area contributed by atoms with Crippen LogP contribution in [0.5, 0.6) is 0 Å². The SMILES string of the molecule is Cc1cc(S(=O)(=O)N2CCCO[C@H]2CNC(=O)C(=O)NCc2ccccc2C)ccc1F. The van der Waals surface area contributed by atoms with E-state index >= 15 is 0 Å². The van der Waals surface area contributed by atoms with E-state index in [-0.39, 0.29) is 30.1 Å². The molecule has 1 aliphatic heterocycles. The number of rotatable bonds is 6. The summed E-state index contributed by atoms with van der Waals surface area (Å²) in [7, 11) is -3.98. The van der Waals surface area contributed by atoms with Crippen LogP contribution < -0.4 is 10.6 Å². The quantitative estimate of drug-likeness (QED) is 0.634. The van der Waals surface area contributed by atoms with E-state index in [4.69, 9.17) is 4.74 Å². The van der Waals surface area contributed by atoms with Crippen molar-refractivity contribution in [2.45, 2.75) is 37.9 Å². The Hall–Kier alpha value is -2.82. The summed E-state index contributed by atoms with van der Waals surface area (Å²) >= 11 is 0. The predicted molar refractivity (Wildman–Crippen MR) is 115 cm³/mol. The predicted octanol–water partition coefficient (Wildman–Crippen LogP) is 1.61. The number of hydrogen-bond acceptors (Lipinski definition) is 5. The van der Waals surface area contributed by atoms with E-state index in [1.807, 2.05) is 31.2 Å². The van der Waals surface area contributed by atoms with Crippen LogP contribution in [0, 0.1) is 19.7 Å². The molecular weight excluding hydrogens is 437 g/mol. The maximum absolute atomic E-state index is 13.6. The summed E-state index contributed by atoms with van der Waals surface area (Å²) < 4.78 is 46.4. The van der Waals surface area contributed by atoms with E-state index in [0.29, 0.717) is 13.0 Å². The second-order valence-electron chi connectivity index (χ2n) is 7.52. The minimum absolute atomic E-state index is 0.0609. The Bertz CT molecular complexity index is 1110. The highest BCUT2D eigenvalue weighted by Crippen LogP contribution is 2.23. The Kier molecular flexibility index (Phi) is 7.60. The van der Waals surface area contributed by atoms with Gasteiger partial charge in [-0.1, -0.05) is 24.3 Å². The van der Waals surface area contributed by atoms with E-state index in [2.05, 4.69) is 10.6 Å². The first-order chi connectivity index (χ1) is 15.2. The Morgan fingerprint density at radius 3 is 2.53 bits per heavy atom. The third kappa shape index (κ3) is 5.50. The van der Waals surface area contributed by atoms with Crippen molar-refractivity contribution in [2.75, 3.05) is 19.7 Å². The van der Waals surface area contributed by atoms with Crippen molar-refractivity contribution in [3.05, 3.63) is 65.0 Å². The smallest absolute Gasteiger partial charge is 0.309 e. The van der Waals surface area contributed by atoms with Crippen molar-refractivity contribution < 1.29 is 27.1 Å². The molecule has 1 saturated heterocycles. The van der Waals surface area contributed by atoms with Crippen molar-refractivity contribution in [1.82, 2.24) is 14.9 Å².